The van der Waals surface area contributed by atoms with Gasteiger partial charge in [-0.2, -0.15) is 0 Å². The van der Waals surface area contributed by atoms with Crippen molar-refractivity contribution < 1.29 is 19.2 Å². The summed E-state index contributed by atoms with van der Waals surface area (Å²) in [7, 11) is 3.83. The van der Waals surface area contributed by atoms with Crippen LogP contribution < -0.4 is 15.5 Å². The van der Waals surface area contributed by atoms with Gasteiger partial charge in [0.1, 0.15) is 12.1 Å². The second-order valence-corrected chi connectivity index (χ2v) is 9.10. The largest absolute Gasteiger partial charge is 0.378 e. The molecule has 8 nitrogen and oxygen atoms in total. The Hall–Kier alpha value is -2.74. The number of ketones is 2. The summed E-state index contributed by atoms with van der Waals surface area (Å²) in [5, 5.41) is 5.97. The second kappa shape index (κ2) is 9.18. The van der Waals surface area contributed by atoms with E-state index >= 15 is 0 Å². The maximum absolute atomic E-state index is 13.6. The van der Waals surface area contributed by atoms with Crippen LogP contribution in [0.2, 0.25) is 0 Å². The molecule has 2 heterocycles. The van der Waals surface area contributed by atoms with Crippen LogP contribution in [-0.4, -0.2) is 73.1 Å². The highest BCUT2D eigenvalue weighted by molar-refractivity contribution is 6.01. The number of carbonyl (C=O) groups is 4. The normalized spacial score (nSPS) is 23.6. The number of nitrogens with zero attached hydrogens (tertiary/aromatic N) is 2. The van der Waals surface area contributed by atoms with Crippen molar-refractivity contribution in [2.24, 2.45) is 5.92 Å². The van der Waals surface area contributed by atoms with Crippen LogP contribution in [-0.2, 0) is 14.4 Å². The monoisotopic (exact) mass is 428 g/mol. The zero-order valence-electron chi connectivity index (χ0n) is 18.8. The SMILES string of the molecule is CC(=O)C1CC2NCC(=O)C2N1C(=O)C(CC(C)C)NC(=O)c1ccc(N(C)C)cc1. The van der Waals surface area contributed by atoms with Crippen molar-refractivity contribution in [2.45, 2.75) is 57.8 Å². The Bertz CT molecular complexity index is 865. The fourth-order valence-corrected chi connectivity index (χ4v) is 4.46. The van der Waals surface area contributed by atoms with Crippen LogP contribution >= 0.6 is 0 Å². The number of hydrogen-bond donors (Lipinski definition) is 2. The molecule has 2 aliphatic rings. The standard InChI is InChI=1S/C23H32N4O4/c1-13(2)10-18(25-22(30)15-6-8-16(9-7-15)26(4)5)23(31)27-19(14(3)28)11-17-21(27)20(29)12-24-17/h6-9,13,17-19,21,24H,10-12H2,1-5H3,(H,25,30). The van der Waals surface area contributed by atoms with Crippen molar-refractivity contribution >= 4 is 29.1 Å². The van der Waals surface area contributed by atoms with Crippen molar-refractivity contribution in [3.05, 3.63) is 29.8 Å². The molecular weight excluding hydrogens is 396 g/mol. The third-order valence-corrected chi connectivity index (χ3v) is 6.04. The molecule has 0 saturated carbocycles. The van der Waals surface area contributed by atoms with E-state index < -0.39 is 18.1 Å². The van der Waals surface area contributed by atoms with Gasteiger partial charge in [0.05, 0.1) is 12.6 Å². The zero-order valence-corrected chi connectivity index (χ0v) is 18.8. The molecule has 1 aromatic rings. The third-order valence-electron chi connectivity index (χ3n) is 6.04. The number of Topliss-reactive ketones (excluding diaryl/α,β-unsaturated/α-hetero) is 2. The summed E-state index contributed by atoms with van der Waals surface area (Å²) >= 11 is 0. The summed E-state index contributed by atoms with van der Waals surface area (Å²) in [4.78, 5) is 54.5. The lowest BCUT2D eigenvalue weighted by molar-refractivity contribution is -0.143. The van der Waals surface area contributed by atoms with Crippen LogP contribution in [0.5, 0.6) is 0 Å². The molecule has 0 radical (unpaired) electrons. The van der Waals surface area contributed by atoms with Crippen molar-refractivity contribution in [2.75, 3.05) is 25.5 Å². The Morgan fingerprint density at radius 2 is 1.84 bits per heavy atom. The molecule has 2 fully saturated rings. The molecule has 4 atom stereocenters. The minimum Gasteiger partial charge on any atom is -0.378 e. The van der Waals surface area contributed by atoms with Gasteiger partial charge >= 0.3 is 0 Å². The van der Waals surface area contributed by atoms with Crippen molar-refractivity contribution in [3.63, 3.8) is 0 Å². The Kier molecular flexibility index (Phi) is 6.79. The van der Waals surface area contributed by atoms with Gasteiger partial charge in [-0.25, -0.2) is 0 Å². The lowest BCUT2D eigenvalue weighted by atomic mass is 10.0. The van der Waals surface area contributed by atoms with E-state index in [0.717, 1.165) is 5.69 Å². The van der Waals surface area contributed by atoms with Crippen LogP contribution in [0, 0.1) is 5.92 Å². The van der Waals surface area contributed by atoms with Gasteiger partial charge in [0, 0.05) is 31.4 Å². The summed E-state index contributed by atoms with van der Waals surface area (Å²) < 4.78 is 0. The first-order valence-corrected chi connectivity index (χ1v) is 10.8. The molecular formula is C23H32N4O4. The predicted octanol–water partition coefficient (Wildman–Crippen LogP) is 0.997. The highest BCUT2D eigenvalue weighted by Gasteiger charge is 2.52. The molecule has 0 bridgehead atoms. The number of rotatable bonds is 7. The molecule has 168 valence electrons. The zero-order chi connectivity index (χ0) is 22.9. The Labute approximate surface area is 183 Å². The molecule has 2 amide bonds. The summed E-state index contributed by atoms with van der Waals surface area (Å²) in [5.41, 5.74) is 1.42. The fourth-order valence-electron chi connectivity index (χ4n) is 4.46. The molecule has 8 heteroatoms. The maximum atomic E-state index is 13.6. The van der Waals surface area contributed by atoms with Gasteiger partial charge in [-0.15, -0.1) is 0 Å². The van der Waals surface area contributed by atoms with Gasteiger partial charge in [-0.05, 0) is 49.9 Å². The van der Waals surface area contributed by atoms with E-state index in [1.165, 1.54) is 11.8 Å². The summed E-state index contributed by atoms with van der Waals surface area (Å²) in [5.74, 6) is -0.814. The number of fused-ring (bicyclic) bond motifs is 1. The summed E-state index contributed by atoms with van der Waals surface area (Å²) in [6, 6.07) is 4.81. The third kappa shape index (κ3) is 4.79. The van der Waals surface area contributed by atoms with Gasteiger partial charge in [-0.1, -0.05) is 13.8 Å². The predicted molar refractivity (Wildman–Crippen MR) is 118 cm³/mol. The van der Waals surface area contributed by atoms with E-state index in [2.05, 4.69) is 10.6 Å². The van der Waals surface area contributed by atoms with E-state index in [9.17, 15) is 19.2 Å². The van der Waals surface area contributed by atoms with Crippen molar-refractivity contribution in [3.8, 4) is 0 Å². The van der Waals surface area contributed by atoms with E-state index in [4.69, 9.17) is 0 Å². The van der Waals surface area contributed by atoms with Crippen LogP contribution in [0.3, 0.4) is 0 Å². The maximum Gasteiger partial charge on any atom is 0.251 e. The molecule has 2 N–H and O–H groups in total. The second-order valence-electron chi connectivity index (χ2n) is 9.10. The van der Waals surface area contributed by atoms with Gasteiger partial charge in [0.2, 0.25) is 5.91 Å². The molecule has 1 aromatic carbocycles. The number of amides is 2. The van der Waals surface area contributed by atoms with Crippen LogP contribution in [0.25, 0.3) is 0 Å². The first-order valence-electron chi connectivity index (χ1n) is 10.8. The number of hydrogen-bond acceptors (Lipinski definition) is 6. The molecule has 3 rings (SSSR count). The van der Waals surface area contributed by atoms with E-state index in [1.54, 1.807) is 12.1 Å². The lowest BCUT2D eigenvalue weighted by Crippen LogP contribution is -2.56. The van der Waals surface area contributed by atoms with Crippen molar-refractivity contribution in [1.82, 2.24) is 15.5 Å². The number of nitrogens with one attached hydrogen (secondary N) is 2. The Morgan fingerprint density at radius 3 is 2.39 bits per heavy atom. The van der Waals surface area contributed by atoms with E-state index in [0.29, 0.717) is 18.4 Å². The average Bonchev–Trinajstić information content (AvgIpc) is 3.26. The number of likely N-dealkylation sites (tertiary alicyclic amines) is 1. The molecule has 4 unspecified atom stereocenters. The minimum atomic E-state index is -0.810. The number of anilines is 1. The average molecular weight is 429 g/mol. The van der Waals surface area contributed by atoms with Crippen LogP contribution in [0.1, 0.15) is 44.0 Å². The molecule has 31 heavy (non-hydrogen) atoms. The van der Waals surface area contributed by atoms with E-state index in [-0.39, 0.29) is 41.9 Å². The molecule has 0 aliphatic carbocycles. The topological polar surface area (TPSA) is 98.8 Å². The molecule has 2 aliphatic heterocycles. The summed E-state index contributed by atoms with van der Waals surface area (Å²) in [6.45, 7) is 5.58. The molecule has 0 spiro atoms. The Balaban J connectivity index is 1.83. The first-order chi connectivity index (χ1) is 14.6. The highest BCUT2D eigenvalue weighted by Crippen LogP contribution is 2.30. The van der Waals surface area contributed by atoms with Gasteiger partial charge in [0.15, 0.2) is 11.6 Å². The van der Waals surface area contributed by atoms with E-state index in [1.807, 2.05) is 45.0 Å². The van der Waals surface area contributed by atoms with Crippen LogP contribution in [0.4, 0.5) is 5.69 Å². The highest BCUT2D eigenvalue weighted by atomic mass is 16.2. The minimum absolute atomic E-state index is 0.0870. The molecule has 2 saturated heterocycles. The number of benzene rings is 1. The molecule has 0 aromatic heterocycles. The van der Waals surface area contributed by atoms with Gasteiger partial charge in [-0.3, -0.25) is 19.2 Å². The van der Waals surface area contributed by atoms with Gasteiger partial charge < -0.3 is 20.4 Å². The van der Waals surface area contributed by atoms with Gasteiger partial charge in [0.25, 0.3) is 5.91 Å². The quantitative estimate of drug-likeness (QED) is 0.672. The fraction of sp³-hybridized carbons (Fsp3) is 0.565. The van der Waals surface area contributed by atoms with Crippen LogP contribution in [0.15, 0.2) is 24.3 Å². The smallest absolute Gasteiger partial charge is 0.251 e. The first kappa shape index (κ1) is 22.9. The lowest BCUT2D eigenvalue weighted by Gasteiger charge is -2.32. The number of carbonyl (C=O) groups excluding carboxylic acids is 4. The Morgan fingerprint density at radius 1 is 1.19 bits per heavy atom. The summed E-state index contributed by atoms with van der Waals surface area (Å²) in [6.07, 6.45) is 0.840. The van der Waals surface area contributed by atoms with Crippen molar-refractivity contribution in [1.29, 1.82) is 0 Å².